The maximum absolute atomic E-state index is 13.0. The Morgan fingerprint density at radius 1 is 0.969 bits per heavy atom. The van der Waals surface area contributed by atoms with Crippen molar-refractivity contribution in [3.8, 4) is 0 Å². The lowest BCUT2D eigenvalue weighted by atomic mass is 9.98. The molecule has 0 radical (unpaired) electrons. The van der Waals surface area contributed by atoms with Crippen LogP contribution in [0.1, 0.15) is 31.7 Å². The molecule has 3 aromatic carbocycles. The number of likely N-dealkylation sites (tertiary alicyclic amines) is 1. The molecule has 32 heavy (non-hydrogen) atoms. The predicted octanol–water partition coefficient (Wildman–Crippen LogP) is 4.14. The van der Waals surface area contributed by atoms with E-state index in [0.29, 0.717) is 25.9 Å². The molecule has 1 heterocycles. The molecule has 0 spiro atoms. The van der Waals surface area contributed by atoms with Crippen LogP contribution in [0.4, 0.5) is 5.69 Å². The normalized spacial score (nSPS) is 15.5. The van der Waals surface area contributed by atoms with E-state index in [4.69, 9.17) is 5.73 Å². The number of rotatable bonds is 6. The summed E-state index contributed by atoms with van der Waals surface area (Å²) in [5.41, 5.74) is 8.32. The Kier molecular flexibility index (Phi) is 6.86. The minimum Gasteiger partial charge on any atom is -0.341 e. The van der Waals surface area contributed by atoms with Crippen LogP contribution in [-0.4, -0.2) is 41.9 Å². The number of para-hydroxylation sites is 1. The Morgan fingerprint density at radius 3 is 2.31 bits per heavy atom. The van der Waals surface area contributed by atoms with Crippen LogP contribution in [0.25, 0.3) is 10.8 Å². The summed E-state index contributed by atoms with van der Waals surface area (Å²) >= 11 is 0. The summed E-state index contributed by atoms with van der Waals surface area (Å²) in [6.07, 6.45) is 2.50. The van der Waals surface area contributed by atoms with Gasteiger partial charge in [-0.3, -0.25) is 9.59 Å². The van der Waals surface area contributed by atoms with Gasteiger partial charge in [-0.1, -0.05) is 67.6 Å². The molecular weight excluding hydrogens is 398 g/mol. The Hall–Kier alpha value is -3.18. The van der Waals surface area contributed by atoms with Crippen molar-refractivity contribution in [1.29, 1.82) is 0 Å². The maximum atomic E-state index is 13.0. The van der Waals surface area contributed by atoms with Gasteiger partial charge in [-0.05, 0) is 47.7 Å². The zero-order valence-corrected chi connectivity index (χ0v) is 18.6. The van der Waals surface area contributed by atoms with Gasteiger partial charge < -0.3 is 15.5 Å². The van der Waals surface area contributed by atoms with Crippen molar-refractivity contribution in [2.45, 2.75) is 44.7 Å². The summed E-state index contributed by atoms with van der Waals surface area (Å²) in [6.45, 7) is 3.13. The van der Waals surface area contributed by atoms with Gasteiger partial charge in [0.15, 0.2) is 0 Å². The number of hydrogen-bond acceptors (Lipinski definition) is 3. The summed E-state index contributed by atoms with van der Waals surface area (Å²) in [5.74, 6) is 0.110. The second kappa shape index (κ2) is 9.96. The molecule has 3 aromatic rings. The number of carbonyl (C=O) groups is 2. The summed E-state index contributed by atoms with van der Waals surface area (Å²) < 4.78 is 0. The van der Waals surface area contributed by atoms with E-state index in [1.54, 1.807) is 0 Å². The predicted molar refractivity (Wildman–Crippen MR) is 129 cm³/mol. The van der Waals surface area contributed by atoms with Crippen molar-refractivity contribution in [2.24, 2.45) is 5.73 Å². The molecule has 0 unspecified atom stereocenters. The van der Waals surface area contributed by atoms with E-state index in [1.807, 2.05) is 59.2 Å². The second-order valence-electron chi connectivity index (χ2n) is 8.50. The number of fused-ring (bicyclic) bond motifs is 1. The number of nitrogens with zero attached hydrogens (tertiary/aromatic N) is 2. The van der Waals surface area contributed by atoms with Crippen molar-refractivity contribution >= 4 is 28.3 Å². The van der Waals surface area contributed by atoms with Crippen LogP contribution >= 0.6 is 0 Å². The van der Waals surface area contributed by atoms with E-state index in [1.165, 1.54) is 5.39 Å². The van der Waals surface area contributed by atoms with Gasteiger partial charge in [-0.15, -0.1) is 0 Å². The number of anilines is 1. The molecule has 4 rings (SSSR count). The molecule has 0 saturated carbocycles. The van der Waals surface area contributed by atoms with E-state index in [2.05, 4.69) is 30.3 Å². The van der Waals surface area contributed by atoms with Crippen LogP contribution in [0, 0.1) is 0 Å². The first-order valence-corrected chi connectivity index (χ1v) is 11.5. The number of piperidine rings is 1. The molecule has 0 aliphatic carbocycles. The van der Waals surface area contributed by atoms with Crippen molar-refractivity contribution in [1.82, 2.24) is 4.90 Å². The lowest BCUT2D eigenvalue weighted by Crippen LogP contribution is -2.52. The molecule has 1 aliphatic rings. The standard InChI is InChI=1S/C27H31N3O2/c1-2-26(31)30(23-10-4-3-5-11-23)24-14-16-29(17-15-24)27(32)25(28)19-20-12-13-21-8-6-7-9-22(21)18-20/h3-13,18,24-25H,2,14-17,19,28H2,1H3/t25-/m0/s1. The Morgan fingerprint density at radius 2 is 1.62 bits per heavy atom. The summed E-state index contributed by atoms with van der Waals surface area (Å²) in [6, 6.07) is 23.8. The van der Waals surface area contributed by atoms with E-state index in [-0.39, 0.29) is 17.9 Å². The Bertz CT molecular complexity index is 1070. The van der Waals surface area contributed by atoms with Gasteiger partial charge in [0, 0.05) is 31.2 Å². The fraction of sp³-hybridized carbons (Fsp3) is 0.333. The van der Waals surface area contributed by atoms with E-state index in [9.17, 15) is 9.59 Å². The third kappa shape index (κ3) is 4.83. The molecule has 0 aromatic heterocycles. The highest BCUT2D eigenvalue weighted by atomic mass is 16.2. The van der Waals surface area contributed by atoms with Crippen LogP contribution in [0.3, 0.4) is 0 Å². The molecule has 1 saturated heterocycles. The van der Waals surface area contributed by atoms with Gasteiger partial charge in [0.2, 0.25) is 11.8 Å². The average Bonchev–Trinajstić information content (AvgIpc) is 2.84. The molecule has 1 atom stereocenters. The van der Waals surface area contributed by atoms with Crippen molar-refractivity contribution in [3.63, 3.8) is 0 Å². The largest absolute Gasteiger partial charge is 0.341 e. The fourth-order valence-corrected chi connectivity index (χ4v) is 4.60. The third-order valence-corrected chi connectivity index (χ3v) is 6.33. The van der Waals surface area contributed by atoms with Gasteiger partial charge >= 0.3 is 0 Å². The highest BCUT2D eigenvalue weighted by molar-refractivity contribution is 5.93. The lowest BCUT2D eigenvalue weighted by molar-refractivity contribution is -0.133. The SMILES string of the molecule is CCC(=O)N(c1ccccc1)C1CCN(C(=O)[C@@H](N)Cc2ccc3ccccc3c2)CC1. The quantitative estimate of drug-likeness (QED) is 0.640. The molecule has 1 fully saturated rings. The van der Waals surface area contributed by atoms with Crippen LogP contribution in [0.5, 0.6) is 0 Å². The molecule has 2 N–H and O–H groups in total. The maximum Gasteiger partial charge on any atom is 0.239 e. The first kappa shape index (κ1) is 22.0. The summed E-state index contributed by atoms with van der Waals surface area (Å²) in [5, 5.41) is 2.34. The zero-order valence-electron chi connectivity index (χ0n) is 18.6. The van der Waals surface area contributed by atoms with Gasteiger partial charge in [-0.2, -0.15) is 0 Å². The number of hydrogen-bond donors (Lipinski definition) is 1. The van der Waals surface area contributed by atoms with E-state index >= 15 is 0 Å². The first-order valence-electron chi connectivity index (χ1n) is 11.5. The van der Waals surface area contributed by atoms with Crippen molar-refractivity contribution in [2.75, 3.05) is 18.0 Å². The van der Waals surface area contributed by atoms with Crippen LogP contribution in [0.15, 0.2) is 72.8 Å². The number of amides is 2. The van der Waals surface area contributed by atoms with Crippen molar-refractivity contribution < 1.29 is 9.59 Å². The monoisotopic (exact) mass is 429 g/mol. The smallest absolute Gasteiger partial charge is 0.239 e. The van der Waals surface area contributed by atoms with Gasteiger partial charge in [0.25, 0.3) is 0 Å². The molecule has 5 nitrogen and oxygen atoms in total. The minimum atomic E-state index is -0.560. The molecule has 1 aliphatic heterocycles. The third-order valence-electron chi connectivity index (χ3n) is 6.33. The summed E-state index contributed by atoms with van der Waals surface area (Å²) in [7, 11) is 0. The van der Waals surface area contributed by atoms with Crippen molar-refractivity contribution in [3.05, 3.63) is 78.4 Å². The molecular formula is C27H31N3O2. The van der Waals surface area contributed by atoms with Crippen LogP contribution < -0.4 is 10.6 Å². The van der Waals surface area contributed by atoms with E-state index < -0.39 is 6.04 Å². The van der Waals surface area contributed by atoms with Gasteiger partial charge in [0.05, 0.1) is 6.04 Å². The highest BCUT2D eigenvalue weighted by Gasteiger charge is 2.31. The topological polar surface area (TPSA) is 66.6 Å². The number of carbonyl (C=O) groups excluding carboxylic acids is 2. The van der Waals surface area contributed by atoms with Gasteiger partial charge in [0.1, 0.15) is 0 Å². The Labute approximate surface area is 189 Å². The number of benzene rings is 3. The number of nitrogens with two attached hydrogens (primary N) is 1. The van der Waals surface area contributed by atoms with Gasteiger partial charge in [-0.25, -0.2) is 0 Å². The van der Waals surface area contributed by atoms with Crippen LogP contribution in [-0.2, 0) is 16.0 Å². The lowest BCUT2D eigenvalue weighted by Gasteiger charge is -2.39. The average molecular weight is 430 g/mol. The highest BCUT2D eigenvalue weighted by Crippen LogP contribution is 2.25. The van der Waals surface area contributed by atoms with E-state index in [0.717, 1.165) is 29.5 Å². The molecule has 5 heteroatoms. The molecule has 0 bridgehead atoms. The second-order valence-corrected chi connectivity index (χ2v) is 8.50. The van der Waals surface area contributed by atoms with Crippen LogP contribution in [0.2, 0.25) is 0 Å². The zero-order chi connectivity index (χ0) is 22.5. The Balaban J connectivity index is 1.38. The summed E-state index contributed by atoms with van der Waals surface area (Å²) in [4.78, 5) is 29.5. The molecule has 166 valence electrons. The fourth-order valence-electron chi connectivity index (χ4n) is 4.60. The molecule has 2 amide bonds. The minimum absolute atomic E-state index is 0.00955. The first-order chi connectivity index (χ1) is 15.6.